The lowest BCUT2D eigenvalue weighted by atomic mass is 10.2. The number of aromatic nitrogens is 1. The van der Waals surface area contributed by atoms with Gasteiger partial charge in [0.15, 0.2) is 0 Å². The highest BCUT2D eigenvalue weighted by atomic mass is 32.1. The highest BCUT2D eigenvalue weighted by Crippen LogP contribution is 2.28. The Kier molecular flexibility index (Phi) is 3.49. The van der Waals surface area contributed by atoms with E-state index in [-0.39, 0.29) is 6.04 Å². The van der Waals surface area contributed by atoms with Crippen LogP contribution in [0.25, 0.3) is 10.6 Å². The second-order valence-electron chi connectivity index (χ2n) is 3.71. The van der Waals surface area contributed by atoms with Crippen LogP contribution in [0.1, 0.15) is 18.7 Å². The zero-order valence-electron chi connectivity index (χ0n) is 9.50. The van der Waals surface area contributed by atoms with Gasteiger partial charge >= 0.3 is 0 Å². The van der Waals surface area contributed by atoms with Crippen molar-refractivity contribution in [1.82, 2.24) is 10.3 Å². The number of nitrogens with one attached hydrogen (secondary N) is 1. The molecule has 0 bridgehead atoms. The van der Waals surface area contributed by atoms with E-state index in [1.54, 1.807) is 0 Å². The van der Waals surface area contributed by atoms with Crippen molar-refractivity contribution < 1.29 is 8.78 Å². The van der Waals surface area contributed by atoms with E-state index in [1.165, 1.54) is 23.5 Å². The molecular weight excluding hydrogens is 242 g/mol. The second-order valence-corrected chi connectivity index (χ2v) is 4.57. The van der Waals surface area contributed by atoms with Crippen molar-refractivity contribution in [3.63, 3.8) is 0 Å². The maximum absolute atomic E-state index is 13.5. The average Bonchev–Trinajstić information content (AvgIpc) is 2.77. The fourth-order valence-corrected chi connectivity index (χ4v) is 2.36. The molecule has 0 aliphatic carbocycles. The number of halogens is 2. The lowest BCUT2D eigenvalue weighted by Crippen LogP contribution is -2.12. The molecule has 1 unspecified atom stereocenters. The summed E-state index contributed by atoms with van der Waals surface area (Å²) in [6, 6.07) is 3.64. The Morgan fingerprint density at radius 3 is 2.76 bits per heavy atom. The summed E-state index contributed by atoms with van der Waals surface area (Å²) in [4.78, 5) is 4.34. The van der Waals surface area contributed by atoms with Crippen LogP contribution in [0.5, 0.6) is 0 Å². The number of benzene rings is 1. The molecule has 5 heteroatoms. The van der Waals surface area contributed by atoms with Gasteiger partial charge in [0.2, 0.25) is 0 Å². The maximum Gasteiger partial charge on any atom is 0.136 e. The quantitative estimate of drug-likeness (QED) is 0.908. The molecule has 2 nitrogen and oxygen atoms in total. The summed E-state index contributed by atoms with van der Waals surface area (Å²) in [6.45, 7) is 1.97. The minimum Gasteiger partial charge on any atom is -0.312 e. The van der Waals surface area contributed by atoms with Gasteiger partial charge in [-0.3, -0.25) is 0 Å². The smallest absolute Gasteiger partial charge is 0.136 e. The van der Waals surface area contributed by atoms with Crippen LogP contribution in [0.4, 0.5) is 8.78 Å². The van der Waals surface area contributed by atoms with Gasteiger partial charge in [0.25, 0.3) is 0 Å². The monoisotopic (exact) mass is 254 g/mol. The minimum atomic E-state index is -0.581. The first-order chi connectivity index (χ1) is 8.11. The van der Waals surface area contributed by atoms with E-state index >= 15 is 0 Å². The Hall–Kier alpha value is -1.33. The molecule has 90 valence electrons. The van der Waals surface area contributed by atoms with Gasteiger partial charge in [-0.15, -0.1) is 11.3 Å². The predicted molar refractivity (Wildman–Crippen MR) is 64.9 cm³/mol. The van der Waals surface area contributed by atoms with E-state index in [1.807, 2.05) is 19.4 Å². The number of nitrogens with zero attached hydrogens (tertiary/aromatic N) is 1. The molecule has 1 atom stereocenters. The molecule has 0 aliphatic heterocycles. The molecule has 0 aliphatic rings. The van der Waals surface area contributed by atoms with E-state index in [0.29, 0.717) is 10.6 Å². The van der Waals surface area contributed by atoms with Crippen molar-refractivity contribution in [2.75, 3.05) is 7.05 Å². The summed E-state index contributed by atoms with van der Waals surface area (Å²) in [7, 11) is 1.84. The van der Waals surface area contributed by atoms with Crippen LogP contribution in [0, 0.1) is 11.6 Å². The third-order valence-electron chi connectivity index (χ3n) is 2.56. The van der Waals surface area contributed by atoms with Crippen LogP contribution < -0.4 is 5.32 Å². The zero-order valence-corrected chi connectivity index (χ0v) is 10.3. The van der Waals surface area contributed by atoms with Gasteiger partial charge in [-0.2, -0.15) is 0 Å². The number of thiazole rings is 1. The molecule has 1 N–H and O–H groups in total. The van der Waals surface area contributed by atoms with E-state index in [2.05, 4.69) is 10.3 Å². The predicted octanol–water partition coefficient (Wildman–Crippen LogP) is 3.37. The average molecular weight is 254 g/mol. The lowest BCUT2D eigenvalue weighted by Gasteiger charge is -2.05. The molecule has 0 saturated heterocycles. The molecule has 0 radical (unpaired) electrons. The minimum absolute atomic E-state index is 0.114. The summed E-state index contributed by atoms with van der Waals surface area (Å²) in [6.07, 6.45) is 0. The lowest BCUT2D eigenvalue weighted by molar-refractivity contribution is 0.585. The van der Waals surface area contributed by atoms with Crippen LogP contribution in [-0.2, 0) is 0 Å². The molecule has 2 aromatic rings. The van der Waals surface area contributed by atoms with Crippen molar-refractivity contribution in [2.45, 2.75) is 13.0 Å². The highest BCUT2D eigenvalue weighted by Gasteiger charge is 2.12. The molecule has 1 heterocycles. The Bertz CT molecular complexity index is 525. The Balaban J connectivity index is 2.37. The number of hydrogen-bond donors (Lipinski definition) is 1. The van der Waals surface area contributed by atoms with E-state index in [0.717, 1.165) is 11.8 Å². The highest BCUT2D eigenvalue weighted by molar-refractivity contribution is 7.13. The van der Waals surface area contributed by atoms with Crippen molar-refractivity contribution in [2.24, 2.45) is 0 Å². The summed E-state index contributed by atoms with van der Waals surface area (Å²) in [5.74, 6) is -1.16. The maximum atomic E-state index is 13.5. The first-order valence-electron chi connectivity index (χ1n) is 5.20. The zero-order chi connectivity index (χ0) is 12.4. The third-order valence-corrected chi connectivity index (χ3v) is 3.45. The van der Waals surface area contributed by atoms with Crippen molar-refractivity contribution in [3.8, 4) is 10.6 Å². The molecular formula is C12H12F2N2S. The molecule has 0 spiro atoms. The molecule has 1 aromatic heterocycles. The fourth-order valence-electron chi connectivity index (χ4n) is 1.42. The number of rotatable bonds is 3. The van der Waals surface area contributed by atoms with Crippen LogP contribution in [0.3, 0.4) is 0 Å². The molecule has 0 amide bonds. The van der Waals surface area contributed by atoms with Gasteiger partial charge in [0.05, 0.1) is 5.69 Å². The van der Waals surface area contributed by atoms with Gasteiger partial charge in [0, 0.05) is 23.1 Å². The molecule has 0 fully saturated rings. The molecule has 17 heavy (non-hydrogen) atoms. The van der Waals surface area contributed by atoms with E-state index < -0.39 is 11.6 Å². The van der Waals surface area contributed by atoms with Gasteiger partial charge in [-0.25, -0.2) is 13.8 Å². The normalized spacial score (nSPS) is 12.7. The Morgan fingerprint density at radius 1 is 1.35 bits per heavy atom. The van der Waals surface area contributed by atoms with Crippen molar-refractivity contribution in [1.29, 1.82) is 0 Å². The standard InChI is InChI=1S/C12H12F2N2S/c1-7(15-2)11-6-17-12(16-11)9-4-3-8(13)5-10(9)14/h3-7,15H,1-2H3. The first kappa shape index (κ1) is 12.1. The van der Waals surface area contributed by atoms with Crippen LogP contribution in [-0.4, -0.2) is 12.0 Å². The SMILES string of the molecule is CNC(C)c1csc(-c2ccc(F)cc2F)n1. The van der Waals surface area contributed by atoms with Crippen LogP contribution in [0.15, 0.2) is 23.6 Å². The number of hydrogen-bond acceptors (Lipinski definition) is 3. The third kappa shape index (κ3) is 2.50. The van der Waals surface area contributed by atoms with E-state index in [4.69, 9.17) is 0 Å². The van der Waals surface area contributed by atoms with Crippen LogP contribution in [0.2, 0.25) is 0 Å². The topological polar surface area (TPSA) is 24.9 Å². The molecule has 1 aromatic carbocycles. The second kappa shape index (κ2) is 4.89. The van der Waals surface area contributed by atoms with Gasteiger partial charge < -0.3 is 5.32 Å². The van der Waals surface area contributed by atoms with E-state index in [9.17, 15) is 8.78 Å². The summed E-state index contributed by atoms with van der Waals surface area (Å²) < 4.78 is 26.3. The van der Waals surface area contributed by atoms with Gasteiger partial charge in [0.1, 0.15) is 16.6 Å². The molecule has 0 saturated carbocycles. The van der Waals surface area contributed by atoms with Crippen molar-refractivity contribution in [3.05, 3.63) is 40.9 Å². The largest absolute Gasteiger partial charge is 0.312 e. The van der Waals surface area contributed by atoms with Gasteiger partial charge in [-0.1, -0.05) is 0 Å². The van der Waals surface area contributed by atoms with Crippen LogP contribution >= 0.6 is 11.3 Å². The summed E-state index contributed by atoms with van der Waals surface area (Å²) in [5, 5.41) is 5.50. The summed E-state index contributed by atoms with van der Waals surface area (Å²) >= 11 is 1.35. The van der Waals surface area contributed by atoms with Gasteiger partial charge in [-0.05, 0) is 26.1 Å². The Labute approximate surface area is 102 Å². The van der Waals surface area contributed by atoms with Crippen molar-refractivity contribution >= 4 is 11.3 Å². The Morgan fingerprint density at radius 2 is 2.12 bits per heavy atom. The fraction of sp³-hybridized carbons (Fsp3) is 0.250. The summed E-state index contributed by atoms with van der Waals surface area (Å²) in [5.41, 5.74) is 1.20. The first-order valence-corrected chi connectivity index (χ1v) is 6.08. The molecule has 2 rings (SSSR count).